The Balaban J connectivity index is 1.70. The highest BCUT2D eigenvalue weighted by Gasteiger charge is 2.35. The number of anilines is 2. The van der Waals surface area contributed by atoms with E-state index >= 15 is 0 Å². The van der Waals surface area contributed by atoms with Crippen molar-refractivity contribution in [3.63, 3.8) is 0 Å². The van der Waals surface area contributed by atoms with Crippen molar-refractivity contribution < 1.29 is 19.1 Å². The van der Waals surface area contributed by atoms with Gasteiger partial charge in [0.2, 0.25) is 11.8 Å². The lowest BCUT2D eigenvalue weighted by Crippen LogP contribution is -2.34. The highest BCUT2D eigenvalue weighted by atomic mass is 16.5. The number of ether oxygens (including phenoxy) is 1. The molecule has 1 aliphatic rings. The number of hydrogen-bond donors (Lipinski definition) is 1. The molecule has 7 nitrogen and oxygen atoms in total. The fourth-order valence-electron chi connectivity index (χ4n) is 3.95. The van der Waals surface area contributed by atoms with Crippen molar-refractivity contribution in [2.45, 2.75) is 19.8 Å². The van der Waals surface area contributed by atoms with Crippen LogP contribution < -0.4 is 10.2 Å². The highest BCUT2D eigenvalue weighted by Crippen LogP contribution is 2.36. The Morgan fingerprint density at radius 3 is 2.32 bits per heavy atom. The molecule has 0 spiro atoms. The lowest BCUT2D eigenvalue weighted by Gasteiger charge is -2.20. The number of fused-ring (bicyclic) bond motifs is 1. The molecule has 2 amide bonds. The molecule has 1 aliphatic heterocycles. The van der Waals surface area contributed by atoms with Crippen LogP contribution in [0.2, 0.25) is 0 Å². The van der Waals surface area contributed by atoms with Gasteiger partial charge >= 0.3 is 5.97 Å². The van der Waals surface area contributed by atoms with Gasteiger partial charge in [-0.1, -0.05) is 48.5 Å². The van der Waals surface area contributed by atoms with Crippen LogP contribution >= 0.6 is 0 Å². The lowest BCUT2D eigenvalue weighted by molar-refractivity contribution is -0.142. The number of aliphatic imine (C=N–C) groups is 1. The maximum atomic E-state index is 12.9. The molecule has 4 rings (SSSR count). The third-order valence-electron chi connectivity index (χ3n) is 5.52. The number of hydrogen-bond acceptors (Lipinski definition) is 5. The van der Waals surface area contributed by atoms with Crippen LogP contribution in [0.5, 0.6) is 0 Å². The van der Waals surface area contributed by atoms with Crippen molar-refractivity contribution >= 4 is 40.6 Å². The van der Waals surface area contributed by atoms with Crippen LogP contribution in [0.3, 0.4) is 0 Å². The number of amides is 2. The highest BCUT2D eigenvalue weighted by molar-refractivity contribution is 6.24. The van der Waals surface area contributed by atoms with Gasteiger partial charge in [-0.3, -0.25) is 19.4 Å². The first-order valence-electron chi connectivity index (χ1n) is 11.1. The summed E-state index contributed by atoms with van der Waals surface area (Å²) in [6.07, 6.45) is 0. The van der Waals surface area contributed by atoms with Gasteiger partial charge in [0.1, 0.15) is 12.5 Å². The number of esters is 1. The molecule has 0 saturated heterocycles. The molecular weight excluding hydrogens is 430 g/mol. The van der Waals surface area contributed by atoms with E-state index in [0.29, 0.717) is 17.1 Å². The molecule has 0 bridgehead atoms. The van der Waals surface area contributed by atoms with E-state index in [2.05, 4.69) is 5.32 Å². The van der Waals surface area contributed by atoms with Gasteiger partial charge in [0.25, 0.3) is 0 Å². The number of para-hydroxylation sites is 1. The second kappa shape index (κ2) is 10.1. The minimum absolute atomic E-state index is 0.127. The Hall–Kier alpha value is -4.26. The molecule has 0 saturated carbocycles. The predicted octanol–water partition coefficient (Wildman–Crippen LogP) is 4.46. The molecule has 1 atom stereocenters. The summed E-state index contributed by atoms with van der Waals surface area (Å²) in [5.41, 5.74) is 4.32. The van der Waals surface area contributed by atoms with E-state index in [1.165, 1.54) is 11.8 Å². The summed E-state index contributed by atoms with van der Waals surface area (Å²) >= 11 is 0. The SMILES string of the molecule is CCOC(=O)CN(C(C)=O)c1ccc(N=C(c2ccccc2)C2C(=O)Nc3ccccc32)cc1. The van der Waals surface area contributed by atoms with Crippen LogP contribution in [0.25, 0.3) is 0 Å². The van der Waals surface area contributed by atoms with Gasteiger partial charge in [-0.05, 0) is 48.4 Å². The monoisotopic (exact) mass is 455 g/mol. The van der Waals surface area contributed by atoms with Gasteiger partial charge in [0.15, 0.2) is 0 Å². The van der Waals surface area contributed by atoms with Crippen molar-refractivity contribution in [2.24, 2.45) is 4.99 Å². The molecule has 1 unspecified atom stereocenters. The molecule has 7 heteroatoms. The molecule has 172 valence electrons. The number of carbonyl (C=O) groups is 3. The minimum atomic E-state index is -0.546. The van der Waals surface area contributed by atoms with Gasteiger partial charge in [-0.15, -0.1) is 0 Å². The first kappa shape index (κ1) is 22.9. The number of rotatable bonds is 7. The molecule has 1 heterocycles. The fourth-order valence-corrected chi connectivity index (χ4v) is 3.95. The molecule has 3 aromatic carbocycles. The van der Waals surface area contributed by atoms with E-state index in [-0.39, 0.29) is 25.0 Å². The van der Waals surface area contributed by atoms with E-state index < -0.39 is 11.9 Å². The summed E-state index contributed by atoms with van der Waals surface area (Å²) in [5.74, 6) is -1.42. The van der Waals surface area contributed by atoms with E-state index in [0.717, 1.165) is 16.8 Å². The second-order valence-corrected chi connectivity index (χ2v) is 7.80. The number of nitrogens with zero attached hydrogens (tertiary/aromatic N) is 2. The van der Waals surface area contributed by atoms with Crippen molar-refractivity contribution in [1.29, 1.82) is 0 Å². The minimum Gasteiger partial charge on any atom is -0.465 e. The molecule has 0 aromatic heterocycles. The van der Waals surface area contributed by atoms with Crippen LogP contribution in [-0.2, 0) is 19.1 Å². The zero-order chi connectivity index (χ0) is 24.1. The third-order valence-corrected chi connectivity index (χ3v) is 5.52. The molecule has 0 radical (unpaired) electrons. The Morgan fingerprint density at radius 1 is 0.971 bits per heavy atom. The van der Waals surface area contributed by atoms with Crippen molar-refractivity contribution in [3.8, 4) is 0 Å². The second-order valence-electron chi connectivity index (χ2n) is 7.80. The van der Waals surface area contributed by atoms with Crippen molar-refractivity contribution in [3.05, 3.63) is 90.0 Å². The van der Waals surface area contributed by atoms with Gasteiger partial charge in [-0.25, -0.2) is 0 Å². The first-order chi connectivity index (χ1) is 16.5. The summed E-state index contributed by atoms with van der Waals surface area (Å²) < 4.78 is 4.97. The lowest BCUT2D eigenvalue weighted by atomic mass is 9.90. The smallest absolute Gasteiger partial charge is 0.326 e. The van der Waals surface area contributed by atoms with Crippen LogP contribution in [0.15, 0.2) is 83.9 Å². The summed E-state index contributed by atoms with van der Waals surface area (Å²) in [6.45, 7) is 3.20. The van der Waals surface area contributed by atoms with Crippen LogP contribution in [0.4, 0.5) is 17.1 Å². The van der Waals surface area contributed by atoms with E-state index in [1.807, 2.05) is 54.6 Å². The summed E-state index contributed by atoms with van der Waals surface area (Å²) in [5, 5.41) is 2.94. The number of carbonyl (C=O) groups excluding carboxylic acids is 3. The van der Waals surface area contributed by atoms with E-state index in [9.17, 15) is 14.4 Å². The zero-order valence-corrected chi connectivity index (χ0v) is 19.0. The maximum Gasteiger partial charge on any atom is 0.326 e. The normalized spacial score (nSPS) is 14.8. The Bertz CT molecular complexity index is 1240. The molecular formula is C27H25N3O4. The topological polar surface area (TPSA) is 88.1 Å². The standard InChI is InChI=1S/C27H25N3O4/c1-3-34-24(32)17-30(18(2)31)21-15-13-20(14-16-21)28-26(19-9-5-4-6-10-19)25-22-11-7-8-12-23(22)29-27(25)33/h4-16,25H,3,17H2,1-2H3,(H,29,33). The molecule has 0 aliphatic carbocycles. The molecule has 34 heavy (non-hydrogen) atoms. The van der Waals surface area contributed by atoms with E-state index in [1.54, 1.807) is 31.2 Å². The van der Waals surface area contributed by atoms with E-state index in [4.69, 9.17) is 9.73 Å². The maximum absolute atomic E-state index is 12.9. The third kappa shape index (κ3) is 4.88. The Kier molecular flexibility index (Phi) is 6.82. The zero-order valence-electron chi connectivity index (χ0n) is 19.0. The quantitative estimate of drug-likeness (QED) is 0.421. The van der Waals surface area contributed by atoms with Crippen LogP contribution in [-0.4, -0.2) is 36.6 Å². The molecule has 1 N–H and O–H groups in total. The van der Waals surface area contributed by atoms with Gasteiger partial charge in [-0.2, -0.15) is 0 Å². The predicted molar refractivity (Wildman–Crippen MR) is 132 cm³/mol. The summed E-state index contributed by atoms with van der Waals surface area (Å²) in [4.78, 5) is 43.1. The van der Waals surface area contributed by atoms with Gasteiger partial charge in [0.05, 0.1) is 18.0 Å². The van der Waals surface area contributed by atoms with Crippen LogP contribution in [0, 0.1) is 0 Å². The number of nitrogens with one attached hydrogen (secondary N) is 1. The molecule has 0 fully saturated rings. The molecule has 3 aromatic rings. The first-order valence-corrected chi connectivity index (χ1v) is 11.1. The summed E-state index contributed by atoms with van der Waals surface area (Å²) in [6, 6.07) is 24.2. The van der Waals surface area contributed by atoms with Gasteiger partial charge < -0.3 is 15.0 Å². The summed E-state index contributed by atoms with van der Waals surface area (Å²) in [7, 11) is 0. The van der Waals surface area contributed by atoms with Crippen molar-refractivity contribution in [2.75, 3.05) is 23.4 Å². The average Bonchev–Trinajstić information content (AvgIpc) is 3.17. The Labute approximate surface area is 198 Å². The Morgan fingerprint density at radius 2 is 1.65 bits per heavy atom. The average molecular weight is 456 g/mol. The fraction of sp³-hybridized carbons (Fsp3) is 0.185. The largest absolute Gasteiger partial charge is 0.465 e. The van der Waals surface area contributed by atoms with Gasteiger partial charge in [0, 0.05) is 18.3 Å². The number of benzene rings is 3. The van der Waals surface area contributed by atoms with Crippen molar-refractivity contribution in [1.82, 2.24) is 0 Å². The van der Waals surface area contributed by atoms with Crippen LogP contribution in [0.1, 0.15) is 30.9 Å².